The molecule has 12 heteroatoms. The molecule has 2 saturated heterocycles. The van der Waals surface area contributed by atoms with Crippen LogP contribution >= 0.6 is 0 Å². The first-order valence-electron chi connectivity index (χ1n) is 10.8. The number of aromatic nitrogens is 1. The number of benzene rings is 1. The number of carbonyl (C=O) groups is 1. The van der Waals surface area contributed by atoms with Gasteiger partial charge in [-0.2, -0.15) is 21.5 Å². The van der Waals surface area contributed by atoms with Crippen LogP contribution in [0.5, 0.6) is 5.88 Å². The van der Waals surface area contributed by atoms with E-state index in [0.717, 1.165) is 22.7 Å². The van der Waals surface area contributed by atoms with Crippen LogP contribution in [0.1, 0.15) is 35.6 Å². The summed E-state index contributed by atoms with van der Waals surface area (Å²) in [7, 11) is -4.02. The first-order chi connectivity index (χ1) is 16.1. The summed E-state index contributed by atoms with van der Waals surface area (Å²) in [6, 6.07) is 10.4. The summed E-state index contributed by atoms with van der Waals surface area (Å²) in [5, 5.41) is 7.95. The molecule has 184 valence electrons. The maximum atomic E-state index is 13.7. The van der Waals surface area contributed by atoms with Gasteiger partial charge >= 0.3 is 6.61 Å². The van der Waals surface area contributed by atoms with Crippen molar-refractivity contribution < 1.29 is 31.5 Å². The lowest BCUT2D eigenvalue weighted by atomic mass is 9.70. The Morgan fingerprint density at radius 3 is 2.56 bits per heavy atom. The van der Waals surface area contributed by atoms with Crippen molar-refractivity contribution in [2.75, 3.05) is 31.6 Å². The van der Waals surface area contributed by atoms with Crippen molar-refractivity contribution in [1.82, 2.24) is 9.29 Å². The molecule has 4 rings (SSSR count). The first-order valence-corrected chi connectivity index (χ1v) is 12.3. The highest BCUT2D eigenvalue weighted by molar-refractivity contribution is 7.86. The highest BCUT2D eigenvalue weighted by Gasteiger charge is 2.55. The van der Waals surface area contributed by atoms with Crippen LogP contribution < -0.4 is 15.2 Å². The van der Waals surface area contributed by atoms with Gasteiger partial charge in [-0.3, -0.25) is 4.79 Å². The minimum atomic E-state index is -4.02. The summed E-state index contributed by atoms with van der Waals surface area (Å²) in [5.41, 5.74) is 0.732. The second-order valence-corrected chi connectivity index (χ2v) is 10.1. The highest BCUT2D eigenvalue weighted by Crippen LogP contribution is 2.43. The number of anilines is 1. The van der Waals surface area contributed by atoms with E-state index < -0.39 is 34.0 Å². The van der Waals surface area contributed by atoms with Crippen molar-refractivity contribution in [3.8, 4) is 5.88 Å². The van der Waals surface area contributed by atoms with Crippen LogP contribution in [0.25, 0.3) is 0 Å². The number of amides is 1. The molecule has 0 saturated carbocycles. The first kappa shape index (κ1) is 24.5. The molecule has 0 bridgehead atoms. The molecule has 0 unspecified atom stereocenters. The normalized spacial score (nSPS) is 19.0. The quantitative estimate of drug-likeness (QED) is 0.606. The largest absolute Gasteiger partial charge is 0.415 e. The van der Waals surface area contributed by atoms with Gasteiger partial charge in [-0.05, 0) is 48.9 Å². The number of halogens is 2. The Morgan fingerprint density at radius 2 is 1.91 bits per heavy atom. The Hall–Kier alpha value is -2.67. The van der Waals surface area contributed by atoms with Gasteiger partial charge in [0.15, 0.2) is 0 Å². The van der Waals surface area contributed by atoms with Gasteiger partial charge in [0.2, 0.25) is 11.8 Å². The van der Waals surface area contributed by atoms with E-state index >= 15 is 0 Å². The predicted molar refractivity (Wildman–Crippen MR) is 120 cm³/mol. The molecule has 1 aromatic carbocycles. The number of nitrogens with one attached hydrogen (secondary N) is 1. The number of pyridine rings is 1. The second kappa shape index (κ2) is 9.53. The zero-order chi connectivity index (χ0) is 24.5. The van der Waals surface area contributed by atoms with E-state index in [1.807, 2.05) is 12.1 Å². The van der Waals surface area contributed by atoms with E-state index in [0.29, 0.717) is 24.5 Å². The number of nitrogens with zero attached hydrogens (tertiary/aromatic N) is 2. The van der Waals surface area contributed by atoms with Crippen molar-refractivity contribution in [3.05, 3.63) is 53.2 Å². The third-order valence-corrected chi connectivity index (χ3v) is 7.25. The molecule has 34 heavy (non-hydrogen) atoms. The van der Waals surface area contributed by atoms with Crippen LogP contribution in [-0.2, 0) is 25.2 Å². The fourth-order valence-corrected chi connectivity index (χ4v) is 5.31. The molecule has 0 aliphatic carbocycles. The zero-order valence-electron chi connectivity index (χ0n) is 18.5. The van der Waals surface area contributed by atoms with Crippen LogP contribution in [0.4, 0.5) is 14.5 Å². The van der Waals surface area contributed by atoms with Crippen molar-refractivity contribution in [1.29, 1.82) is 0 Å². The number of nitrogens with two attached hydrogens (primary N) is 1. The fourth-order valence-electron chi connectivity index (χ4n) is 4.51. The molecule has 1 aromatic heterocycles. The summed E-state index contributed by atoms with van der Waals surface area (Å²) < 4.78 is 60.7. The van der Waals surface area contributed by atoms with E-state index in [2.05, 4.69) is 15.0 Å². The third-order valence-electron chi connectivity index (χ3n) is 6.27. The summed E-state index contributed by atoms with van der Waals surface area (Å²) in [6.45, 7) is -0.708. The van der Waals surface area contributed by atoms with E-state index in [1.54, 1.807) is 25.1 Å². The number of aryl methyl sites for hydroxylation is 1. The lowest BCUT2D eigenvalue weighted by Gasteiger charge is -2.48. The highest BCUT2D eigenvalue weighted by atomic mass is 32.2. The van der Waals surface area contributed by atoms with E-state index in [-0.39, 0.29) is 24.7 Å². The molecule has 1 amide bonds. The van der Waals surface area contributed by atoms with Crippen LogP contribution in [0, 0.1) is 6.92 Å². The standard InChI is InChI=1S/C22H26F2N4O5S/c1-14-6-7-18(19(26-14)33-21(23)24)27-20(29)22(12-28(13-22)34(25,30)31)17-5-3-2-4-16(17)15-8-10-32-11-9-15/h2-7,15,21H,8-13H2,1H3,(H,27,29)(H2,25,30,31). The lowest BCUT2D eigenvalue weighted by molar-refractivity contribution is -0.125. The van der Waals surface area contributed by atoms with Gasteiger partial charge in [-0.15, -0.1) is 0 Å². The number of carbonyl (C=O) groups excluding carboxylic acids is 1. The maximum Gasteiger partial charge on any atom is 0.388 e. The second-order valence-electron chi connectivity index (χ2n) is 8.51. The van der Waals surface area contributed by atoms with Gasteiger partial charge in [-0.25, -0.2) is 10.1 Å². The summed E-state index contributed by atoms with van der Waals surface area (Å²) in [6.07, 6.45) is 1.53. The third kappa shape index (κ3) is 4.90. The van der Waals surface area contributed by atoms with Crippen LogP contribution in [0.15, 0.2) is 36.4 Å². The number of rotatable bonds is 7. The van der Waals surface area contributed by atoms with Crippen LogP contribution in [0.2, 0.25) is 0 Å². The van der Waals surface area contributed by atoms with Crippen molar-refractivity contribution in [2.24, 2.45) is 5.14 Å². The van der Waals surface area contributed by atoms with E-state index in [4.69, 9.17) is 9.88 Å². The Kier molecular flexibility index (Phi) is 6.85. The Morgan fingerprint density at radius 1 is 1.24 bits per heavy atom. The van der Waals surface area contributed by atoms with Crippen molar-refractivity contribution >= 4 is 21.8 Å². The van der Waals surface area contributed by atoms with Gasteiger partial charge in [-0.1, -0.05) is 24.3 Å². The SMILES string of the molecule is Cc1ccc(NC(=O)C2(c3ccccc3C3CCOCC3)CN(S(N)(=O)=O)C2)c(OC(F)F)n1. The Balaban J connectivity index is 1.72. The van der Waals surface area contributed by atoms with Crippen molar-refractivity contribution in [2.45, 2.75) is 37.7 Å². The molecule has 2 aliphatic rings. The van der Waals surface area contributed by atoms with Crippen LogP contribution in [-0.4, -0.2) is 56.5 Å². The minimum Gasteiger partial charge on any atom is -0.415 e. The van der Waals surface area contributed by atoms with Gasteiger partial charge in [0.25, 0.3) is 10.2 Å². The molecule has 3 N–H and O–H groups in total. The number of hydrogen-bond donors (Lipinski definition) is 2. The lowest BCUT2D eigenvalue weighted by Crippen LogP contribution is -2.67. The molecule has 0 atom stereocenters. The van der Waals surface area contributed by atoms with Gasteiger partial charge in [0, 0.05) is 32.0 Å². The van der Waals surface area contributed by atoms with Gasteiger partial charge in [0.05, 0.1) is 0 Å². The van der Waals surface area contributed by atoms with Crippen LogP contribution in [0.3, 0.4) is 0 Å². The average Bonchev–Trinajstić information content (AvgIpc) is 2.74. The molecule has 0 radical (unpaired) electrons. The van der Waals surface area contributed by atoms with E-state index in [1.165, 1.54) is 6.07 Å². The summed E-state index contributed by atoms with van der Waals surface area (Å²) in [4.78, 5) is 17.6. The maximum absolute atomic E-state index is 13.7. The van der Waals surface area contributed by atoms with Gasteiger partial charge in [0.1, 0.15) is 11.1 Å². The number of ether oxygens (including phenoxy) is 2. The predicted octanol–water partition coefficient (Wildman–Crippen LogP) is 2.28. The molecule has 2 aromatic rings. The number of alkyl halides is 2. The molecular formula is C22H26F2N4O5S. The summed E-state index contributed by atoms with van der Waals surface area (Å²) >= 11 is 0. The van der Waals surface area contributed by atoms with Gasteiger partial charge < -0.3 is 14.8 Å². The Bertz CT molecular complexity index is 1170. The molecule has 2 fully saturated rings. The average molecular weight is 497 g/mol. The summed E-state index contributed by atoms with van der Waals surface area (Å²) in [5.74, 6) is -0.840. The monoisotopic (exact) mass is 496 g/mol. The fraction of sp³-hybridized carbons (Fsp3) is 0.455. The molecule has 2 aliphatic heterocycles. The number of hydrogen-bond acceptors (Lipinski definition) is 6. The molecule has 0 spiro atoms. The zero-order valence-corrected chi connectivity index (χ0v) is 19.4. The van der Waals surface area contributed by atoms with Crippen molar-refractivity contribution in [3.63, 3.8) is 0 Å². The Labute approximate surface area is 196 Å². The molecular weight excluding hydrogens is 470 g/mol. The molecule has 9 nitrogen and oxygen atoms in total. The molecule has 3 heterocycles. The van der Waals surface area contributed by atoms with E-state index in [9.17, 15) is 22.0 Å². The topological polar surface area (TPSA) is 124 Å². The minimum absolute atomic E-state index is 0.0344. The smallest absolute Gasteiger partial charge is 0.388 e.